The van der Waals surface area contributed by atoms with Gasteiger partial charge in [0.15, 0.2) is 5.65 Å². The highest BCUT2D eigenvalue weighted by atomic mass is 16.5. The second-order valence-electron chi connectivity index (χ2n) is 5.96. The van der Waals surface area contributed by atoms with Crippen molar-refractivity contribution in [2.75, 3.05) is 17.6 Å². The minimum Gasteiger partial charge on any atom is -0.491 e. The van der Waals surface area contributed by atoms with E-state index in [1.165, 1.54) is 6.33 Å². The minimum atomic E-state index is -0.681. The van der Waals surface area contributed by atoms with Crippen LogP contribution in [0.5, 0.6) is 5.75 Å². The van der Waals surface area contributed by atoms with Crippen molar-refractivity contribution in [3.8, 4) is 5.75 Å². The zero-order valence-corrected chi connectivity index (χ0v) is 14.2. The monoisotopic (exact) mass is 339 g/mol. The Morgan fingerprint density at radius 1 is 1.12 bits per heavy atom. The maximum atomic E-state index is 10.4. The first-order valence-corrected chi connectivity index (χ1v) is 8.08. The van der Waals surface area contributed by atoms with Gasteiger partial charge in [-0.25, -0.2) is 15.0 Å². The van der Waals surface area contributed by atoms with E-state index in [1.807, 2.05) is 44.2 Å². The first-order valence-electron chi connectivity index (χ1n) is 8.08. The average Bonchev–Trinajstić information content (AvgIpc) is 2.59. The molecule has 0 saturated heterocycles. The Balaban J connectivity index is 1.69. The summed E-state index contributed by atoms with van der Waals surface area (Å²) in [5, 5.41) is 14.3. The number of hydrogen-bond acceptors (Lipinski definition) is 7. The van der Waals surface area contributed by atoms with Gasteiger partial charge < -0.3 is 20.9 Å². The van der Waals surface area contributed by atoms with Crippen LogP contribution in [0.4, 0.5) is 11.6 Å². The predicted octanol–water partition coefficient (Wildman–Crippen LogP) is 2.54. The molecule has 2 aromatic heterocycles. The largest absolute Gasteiger partial charge is 0.491 e. The highest BCUT2D eigenvalue weighted by Crippen LogP contribution is 2.22. The van der Waals surface area contributed by atoms with Crippen molar-refractivity contribution in [3.63, 3.8) is 0 Å². The molecule has 4 N–H and O–H groups in total. The molecular weight excluding hydrogens is 318 g/mol. The lowest BCUT2D eigenvalue weighted by atomic mass is 10.1. The maximum absolute atomic E-state index is 10.4. The zero-order valence-electron chi connectivity index (χ0n) is 14.2. The third kappa shape index (κ3) is 4.13. The molecule has 0 aliphatic heterocycles. The van der Waals surface area contributed by atoms with Crippen molar-refractivity contribution in [1.29, 1.82) is 0 Å². The Labute approximate surface area is 145 Å². The molecule has 0 aliphatic carbocycles. The number of benzene rings is 1. The molecule has 3 rings (SSSR count). The molecule has 2 heterocycles. The molecule has 0 radical (unpaired) electrons. The number of aliphatic hydroxyl groups is 1. The van der Waals surface area contributed by atoms with E-state index in [9.17, 15) is 5.11 Å². The van der Waals surface area contributed by atoms with Crippen LogP contribution in [0.1, 0.15) is 25.5 Å². The van der Waals surface area contributed by atoms with Crippen LogP contribution in [0, 0.1) is 0 Å². The van der Waals surface area contributed by atoms with E-state index in [-0.39, 0.29) is 6.10 Å². The summed E-state index contributed by atoms with van der Waals surface area (Å²) in [5.74, 6) is 1.79. The van der Waals surface area contributed by atoms with Gasteiger partial charge in [0.2, 0.25) is 0 Å². The Bertz CT molecular complexity index is 852. The van der Waals surface area contributed by atoms with Crippen molar-refractivity contribution in [2.45, 2.75) is 26.1 Å². The molecule has 0 saturated carbocycles. The summed E-state index contributed by atoms with van der Waals surface area (Å²) in [5.41, 5.74) is 6.98. The van der Waals surface area contributed by atoms with Crippen molar-refractivity contribution in [3.05, 3.63) is 48.3 Å². The standard InChI is InChI=1S/C18H21N5O2/c1-11(2)25-13-5-3-12(4-6-13)15(24)9-20-17-14-7-8-16(19)23-18(14)22-10-21-17/h3-8,10-11,15,24H,9H2,1-2H3,(H3,19,20,21,22,23)/t15-/m0/s1. The van der Waals surface area contributed by atoms with Gasteiger partial charge in [-0.15, -0.1) is 0 Å². The Morgan fingerprint density at radius 2 is 1.88 bits per heavy atom. The van der Waals surface area contributed by atoms with Crippen molar-refractivity contribution in [1.82, 2.24) is 15.0 Å². The van der Waals surface area contributed by atoms with Crippen LogP contribution in [0.3, 0.4) is 0 Å². The second kappa shape index (κ2) is 7.31. The predicted molar refractivity (Wildman–Crippen MR) is 97.4 cm³/mol. The van der Waals surface area contributed by atoms with E-state index < -0.39 is 6.10 Å². The number of rotatable bonds is 6. The van der Waals surface area contributed by atoms with E-state index >= 15 is 0 Å². The fourth-order valence-corrected chi connectivity index (χ4v) is 2.45. The topological polar surface area (TPSA) is 106 Å². The van der Waals surface area contributed by atoms with Crippen LogP contribution in [0.2, 0.25) is 0 Å². The number of anilines is 2. The number of nitrogens with two attached hydrogens (primary N) is 1. The van der Waals surface area contributed by atoms with E-state index in [0.717, 1.165) is 16.7 Å². The third-order valence-electron chi connectivity index (χ3n) is 3.62. The van der Waals surface area contributed by atoms with Crippen molar-refractivity contribution < 1.29 is 9.84 Å². The van der Waals surface area contributed by atoms with E-state index in [1.54, 1.807) is 6.07 Å². The number of pyridine rings is 1. The van der Waals surface area contributed by atoms with Crippen molar-refractivity contribution >= 4 is 22.7 Å². The molecule has 0 unspecified atom stereocenters. The summed E-state index contributed by atoms with van der Waals surface area (Å²) in [6.45, 7) is 4.25. The van der Waals surface area contributed by atoms with Gasteiger partial charge in [-0.05, 0) is 43.7 Å². The number of nitrogens with zero attached hydrogens (tertiary/aromatic N) is 3. The molecule has 1 aromatic carbocycles. The van der Waals surface area contributed by atoms with E-state index in [4.69, 9.17) is 10.5 Å². The van der Waals surface area contributed by atoms with Crippen LogP contribution in [0.15, 0.2) is 42.7 Å². The Kier molecular flexibility index (Phi) is 4.95. The molecule has 3 aromatic rings. The Morgan fingerprint density at radius 3 is 2.60 bits per heavy atom. The first-order chi connectivity index (χ1) is 12.0. The SMILES string of the molecule is CC(C)Oc1ccc([C@@H](O)CNc2ncnc3nc(N)ccc23)cc1. The van der Waals surface area contributed by atoms with E-state index in [0.29, 0.717) is 23.8 Å². The summed E-state index contributed by atoms with van der Waals surface area (Å²) >= 11 is 0. The minimum absolute atomic E-state index is 0.117. The number of hydrogen-bond donors (Lipinski definition) is 3. The maximum Gasteiger partial charge on any atom is 0.166 e. The number of nitrogen functional groups attached to an aromatic ring is 1. The summed E-state index contributed by atoms with van der Waals surface area (Å²) in [4.78, 5) is 12.5. The number of aliphatic hydroxyl groups excluding tert-OH is 1. The van der Waals surface area contributed by atoms with Crippen LogP contribution in [-0.4, -0.2) is 32.7 Å². The lowest BCUT2D eigenvalue weighted by molar-refractivity contribution is 0.191. The molecule has 0 amide bonds. The summed E-state index contributed by atoms with van der Waals surface area (Å²) in [6.07, 6.45) is 0.854. The van der Waals surface area contributed by atoms with Crippen LogP contribution >= 0.6 is 0 Å². The smallest absolute Gasteiger partial charge is 0.166 e. The van der Waals surface area contributed by atoms with Gasteiger partial charge in [-0.1, -0.05) is 12.1 Å². The first kappa shape index (κ1) is 16.9. The van der Waals surface area contributed by atoms with Gasteiger partial charge in [0.05, 0.1) is 17.6 Å². The van der Waals surface area contributed by atoms with Crippen LogP contribution in [-0.2, 0) is 0 Å². The fourth-order valence-electron chi connectivity index (χ4n) is 2.45. The van der Waals surface area contributed by atoms with Crippen LogP contribution < -0.4 is 15.8 Å². The fraction of sp³-hybridized carbons (Fsp3) is 0.278. The molecule has 1 atom stereocenters. The molecule has 25 heavy (non-hydrogen) atoms. The van der Waals surface area contributed by atoms with Crippen LogP contribution in [0.25, 0.3) is 11.0 Å². The molecule has 130 valence electrons. The quantitative estimate of drug-likeness (QED) is 0.633. The normalized spacial score (nSPS) is 12.3. The van der Waals surface area contributed by atoms with Crippen molar-refractivity contribution in [2.24, 2.45) is 0 Å². The molecule has 0 fully saturated rings. The molecule has 7 heteroatoms. The number of ether oxygens (including phenoxy) is 1. The molecule has 0 bridgehead atoms. The summed E-state index contributed by atoms with van der Waals surface area (Å²) in [6, 6.07) is 10.9. The number of nitrogens with one attached hydrogen (secondary N) is 1. The van der Waals surface area contributed by atoms with Gasteiger partial charge in [0, 0.05) is 6.54 Å². The molecular formula is C18H21N5O2. The highest BCUT2D eigenvalue weighted by Gasteiger charge is 2.10. The third-order valence-corrected chi connectivity index (χ3v) is 3.62. The van der Waals surface area contributed by atoms with E-state index in [2.05, 4.69) is 20.3 Å². The lowest BCUT2D eigenvalue weighted by Gasteiger charge is -2.15. The Hall–Kier alpha value is -2.93. The lowest BCUT2D eigenvalue weighted by Crippen LogP contribution is -2.13. The number of fused-ring (bicyclic) bond motifs is 1. The summed E-state index contributed by atoms with van der Waals surface area (Å²) < 4.78 is 5.60. The highest BCUT2D eigenvalue weighted by molar-refractivity contribution is 5.87. The van der Waals surface area contributed by atoms with Gasteiger partial charge in [-0.3, -0.25) is 0 Å². The molecule has 0 aliphatic rings. The summed E-state index contributed by atoms with van der Waals surface area (Å²) in [7, 11) is 0. The van der Waals surface area contributed by atoms with Gasteiger partial charge >= 0.3 is 0 Å². The number of aromatic nitrogens is 3. The molecule has 7 nitrogen and oxygen atoms in total. The van der Waals surface area contributed by atoms with Gasteiger partial charge in [0.25, 0.3) is 0 Å². The zero-order chi connectivity index (χ0) is 17.8. The van der Waals surface area contributed by atoms with Gasteiger partial charge in [-0.2, -0.15) is 0 Å². The second-order valence-corrected chi connectivity index (χ2v) is 5.96. The van der Waals surface area contributed by atoms with Gasteiger partial charge in [0.1, 0.15) is 23.7 Å². The molecule has 0 spiro atoms. The average molecular weight is 339 g/mol.